The van der Waals surface area contributed by atoms with E-state index in [1.54, 1.807) is 11.3 Å². The van der Waals surface area contributed by atoms with Crippen molar-refractivity contribution in [2.45, 2.75) is 6.42 Å². The van der Waals surface area contributed by atoms with Crippen LogP contribution in [-0.2, 0) is 6.42 Å². The number of hydrogen-bond donors (Lipinski definition) is 2. The fraction of sp³-hybridized carbons (Fsp3) is 0.125. The summed E-state index contributed by atoms with van der Waals surface area (Å²) >= 11 is 2.93. The molecule has 2 N–H and O–H groups in total. The predicted octanol–water partition coefficient (Wildman–Crippen LogP) is 3.28. The van der Waals surface area contributed by atoms with E-state index in [9.17, 15) is 4.79 Å². The highest BCUT2D eigenvalue weighted by molar-refractivity contribution is 7.18. The van der Waals surface area contributed by atoms with Gasteiger partial charge in [-0.1, -0.05) is 41.7 Å². The standard InChI is InChI=1S/C16H14N6OS2/c23-14(17-7-6-12-10-22-8-9-24-16(22)18-12)19-15-21-20-13(25-15)11-4-2-1-3-5-11/h1-5,8-10H,6-7H2,(H2,17,19,21,23). The van der Waals surface area contributed by atoms with E-state index in [1.165, 1.54) is 11.3 Å². The van der Waals surface area contributed by atoms with Crippen molar-refractivity contribution in [3.63, 3.8) is 0 Å². The summed E-state index contributed by atoms with van der Waals surface area (Å²) in [7, 11) is 0. The lowest BCUT2D eigenvalue weighted by Gasteiger charge is -2.03. The molecule has 3 heterocycles. The second-order valence-electron chi connectivity index (χ2n) is 5.23. The largest absolute Gasteiger partial charge is 0.337 e. The number of nitrogens with one attached hydrogen (secondary N) is 2. The summed E-state index contributed by atoms with van der Waals surface area (Å²) in [6, 6.07) is 9.45. The van der Waals surface area contributed by atoms with E-state index < -0.39 is 0 Å². The third-order valence-electron chi connectivity index (χ3n) is 3.48. The smallest absolute Gasteiger partial charge is 0.321 e. The van der Waals surface area contributed by atoms with Crippen LogP contribution in [0.4, 0.5) is 9.93 Å². The van der Waals surface area contributed by atoms with Gasteiger partial charge in [0, 0.05) is 36.3 Å². The van der Waals surface area contributed by atoms with E-state index in [0.717, 1.165) is 21.2 Å². The Morgan fingerprint density at radius 1 is 1.20 bits per heavy atom. The molecule has 0 atom stereocenters. The van der Waals surface area contributed by atoms with E-state index >= 15 is 0 Å². The lowest BCUT2D eigenvalue weighted by molar-refractivity contribution is 0.252. The molecule has 4 rings (SSSR count). The monoisotopic (exact) mass is 370 g/mol. The zero-order valence-corrected chi connectivity index (χ0v) is 14.7. The first-order valence-corrected chi connectivity index (χ1v) is 9.32. The Hall–Kier alpha value is -2.78. The maximum Gasteiger partial charge on any atom is 0.321 e. The number of carbonyl (C=O) groups is 1. The van der Waals surface area contributed by atoms with E-state index in [-0.39, 0.29) is 6.03 Å². The molecule has 0 radical (unpaired) electrons. The van der Waals surface area contributed by atoms with Crippen molar-refractivity contribution in [2.24, 2.45) is 0 Å². The van der Waals surface area contributed by atoms with Crippen LogP contribution in [0.15, 0.2) is 48.1 Å². The van der Waals surface area contributed by atoms with Crippen LogP contribution in [0.5, 0.6) is 0 Å². The predicted molar refractivity (Wildman–Crippen MR) is 99.1 cm³/mol. The van der Waals surface area contributed by atoms with Crippen molar-refractivity contribution in [1.82, 2.24) is 24.9 Å². The van der Waals surface area contributed by atoms with Crippen LogP contribution >= 0.6 is 22.7 Å². The summed E-state index contributed by atoms with van der Waals surface area (Å²) in [6.07, 6.45) is 4.62. The Balaban J connectivity index is 1.29. The molecule has 0 unspecified atom stereocenters. The molecule has 0 aliphatic rings. The third kappa shape index (κ3) is 3.67. The summed E-state index contributed by atoms with van der Waals surface area (Å²) in [5, 5.41) is 16.9. The normalized spacial score (nSPS) is 10.9. The molecular weight excluding hydrogens is 356 g/mol. The Kier molecular flexibility index (Phi) is 4.40. The minimum absolute atomic E-state index is 0.295. The molecule has 0 saturated heterocycles. The average Bonchev–Trinajstić information content (AvgIpc) is 3.32. The summed E-state index contributed by atoms with van der Waals surface area (Å²) < 4.78 is 1.98. The van der Waals surface area contributed by atoms with Crippen LogP contribution < -0.4 is 10.6 Å². The van der Waals surface area contributed by atoms with Gasteiger partial charge in [-0.3, -0.25) is 9.72 Å². The lowest BCUT2D eigenvalue weighted by Crippen LogP contribution is -2.30. The van der Waals surface area contributed by atoms with Gasteiger partial charge in [0.15, 0.2) is 4.96 Å². The molecule has 3 aromatic heterocycles. The number of nitrogens with zero attached hydrogens (tertiary/aromatic N) is 4. The number of hydrogen-bond acceptors (Lipinski definition) is 6. The highest BCUT2D eigenvalue weighted by atomic mass is 32.1. The molecule has 126 valence electrons. The van der Waals surface area contributed by atoms with Gasteiger partial charge in [-0.2, -0.15) is 0 Å². The number of rotatable bonds is 5. The van der Waals surface area contributed by atoms with Crippen molar-refractivity contribution in [3.05, 3.63) is 53.8 Å². The Labute approximate surface area is 151 Å². The molecule has 0 saturated carbocycles. The molecule has 25 heavy (non-hydrogen) atoms. The van der Waals surface area contributed by atoms with Gasteiger partial charge in [0.2, 0.25) is 5.13 Å². The molecule has 0 aliphatic heterocycles. The van der Waals surface area contributed by atoms with E-state index in [2.05, 4.69) is 25.8 Å². The fourth-order valence-electron chi connectivity index (χ4n) is 2.31. The number of aromatic nitrogens is 4. The van der Waals surface area contributed by atoms with Crippen molar-refractivity contribution >= 4 is 38.8 Å². The second-order valence-corrected chi connectivity index (χ2v) is 7.08. The van der Waals surface area contributed by atoms with Crippen LogP contribution in [0.1, 0.15) is 5.69 Å². The number of anilines is 1. The SMILES string of the molecule is O=C(NCCc1cn2ccsc2n1)Nc1nnc(-c2ccccc2)s1. The van der Waals surface area contributed by atoms with Gasteiger partial charge < -0.3 is 5.32 Å². The summed E-state index contributed by atoms with van der Waals surface area (Å²) in [5.74, 6) is 0. The van der Waals surface area contributed by atoms with Crippen LogP contribution in [0.2, 0.25) is 0 Å². The first-order valence-electron chi connectivity index (χ1n) is 7.63. The van der Waals surface area contributed by atoms with Gasteiger partial charge in [-0.05, 0) is 0 Å². The van der Waals surface area contributed by atoms with Crippen molar-refractivity contribution in [3.8, 4) is 10.6 Å². The molecular formula is C16H14N6OS2. The minimum atomic E-state index is -0.295. The topological polar surface area (TPSA) is 84.2 Å². The van der Waals surface area contributed by atoms with Gasteiger partial charge in [0.1, 0.15) is 5.01 Å². The quantitative estimate of drug-likeness (QED) is 0.565. The van der Waals surface area contributed by atoms with Crippen molar-refractivity contribution in [2.75, 3.05) is 11.9 Å². The van der Waals surface area contributed by atoms with E-state index in [0.29, 0.717) is 18.1 Å². The summed E-state index contributed by atoms with van der Waals surface area (Å²) in [4.78, 5) is 17.4. The maximum absolute atomic E-state index is 12.0. The lowest BCUT2D eigenvalue weighted by atomic mass is 10.2. The zero-order chi connectivity index (χ0) is 17.1. The van der Waals surface area contributed by atoms with Crippen LogP contribution in [-0.4, -0.2) is 32.2 Å². The van der Waals surface area contributed by atoms with Gasteiger partial charge in [-0.15, -0.1) is 21.5 Å². The minimum Gasteiger partial charge on any atom is -0.337 e. The molecule has 0 aliphatic carbocycles. The third-order valence-corrected chi connectivity index (χ3v) is 5.13. The number of thiazole rings is 1. The van der Waals surface area contributed by atoms with E-state index in [4.69, 9.17) is 0 Å². The number of imidazole rings is 1. The number of amides is 2. The average molecular weight is 370 g/mol. The molecule has 4 aromatic rings. The van der Waals surface area contributed by atoms with Gasteiger partial charge >= 0.3 is 6.03 Å². The van der Waals surface area contributed by atoms with Gasteiger partial charge in [0.25, 0.3) is 0 Å². The highest BCUT2D eigenvalue weighted by Crippen LogP contribution is 2.25. The van der Waals surface area contributed by atoms with Crippen LogP contribution in [0.3, 0.4) is 0 Å². The van der Waals surface area contributed by atoms with Gasteiger partial charge in [0.05, 0.1) is 5.69 Å². The van der Waals surface area contributed by atoms with Crippen molar-refractivity contribution < 1.29 is 4.79 Å². The Morgan fingerprint density at radius 2 is 2.08 bits per heavy atom. The van der Waals surface area contributed by atoms with Crippen LogP contribution in [0.25, 0.3) is 15.5 Å². The molecule has 9 heteroatoms. The summed E-state index contributed by atoms with van der Waals surface area (Å²) in [5.41, 5.74) is 1.93. The number of fused-ring (bicyclic) bond motifs is 1. The molecule has 1 aromatic carbocycles. The molecule has 2 amide bonds. The first-order chi connectivity index (χ1) is 12.3. The highest BCUT2D eigenvalue weighted by Gasteiger charge is 2.09. The maximum atomic E-state index is 12.0. The number of carbonyl (C=O) groups excluding carboxylic acids is 1. The molecule has 7 nitrogen and oxygen atoms in total. The van der Waals surface area contributed by atoms with E-state index in [1.807, 2.05) is 52.5 Å². The van der Waals surface area contributed by atoms with Crippen LogP contribution in [0, 0.1) is 0 Å². The van der Waals surface area contributed by atoms with Gasteiger partial charge in [-0.25, -0.2) is 9.78 Å². The Bertz CT molecular complexity index is 962. The second kappa shape index (κ2) is 6.99. The van der Waals surface area contributed by atoms with Crippen molar-refractivity contribution in [1.29, 1.82) is 0 Å². The fourth-order valence-corrected chi connectivity index (χ4v) is 3.78. The molecule has 0 fully saturated rings. The number of urea groups is 1. The molecule has 0 bridgehead atoms. The zero-order valence-electron chi connectivity index (χ0n) is 13.0. The molecule has 0 spiro atoms. The Morgan fingerprint density at radius 3 is 2.92 bits per heavy atom. The first kappa shape index (κ1) is 15.7. The number of benzene rings is 1. The summed E-state index contributed by atoms with van der Waals surface area (Å²) in [6.45, 7) is 0.501.